The molecular formula is C24H20ClIN4O2. The van der Waals surface area contributed by atoms with Gasteiger partial charge in [0.15, 0.2) is 0 Å². The fourth-order valence-corrected chi connectivity index (χ4v) is 5.07. The fraction of sp³-hybridized carbons (Fsp3) is 0.250. The van der Waals surface area contributed by atoms with Gasteiger partial charge >= 0.3 is 0 Å². The Bertz CT molecular complexity index is 1310. The molecule has 0 aliphatic heterocycles. The highest BCUT2D eigenvalue weighted by atomic mass is 127. The van der Waals surface area contributed by atoms with Gasteiger partial charge in [-0.1, -0.05) is 36.6 Å². The van der Waals surface area contributed by atoms with Crippen LogP contribution in [-0.4, -0.2) is 25.6 Å². The Morgan fingerprint density at radius 2 is 1.91 bits per heavy atom. The highest BCUT2D eigenvalue weighted by Gasteiger charge is 2.29. The lowest BCUT2D eigenvalue weighted by Gasteiger charge is -2.30. The van der Waals surface area contributed by atoms with Gasteiger partial charge in [0.25, 0.3) is 5.56 Å². The van der Waals surface area contributed by atoms with Gasteiger partial charge in [-0.25, -0.2) is 9.97 Å². The summed E-state index contributed by atoms with van der Waals surface area (Å²) in [4.78, 5) is 27.5. The summed E-state index contributed by atoms with van der Waals surface area (Å²) in [6.07, 6.45) is 9.10. The van der Waals surface area contributed by atoms with Crippen LogP contribution in [-0.2, 0) is 3.07 Å². The second-order valence-corrected chi connectivity index (χ2v) is 8.88. The molecule has 0 amide bonds. The minimum Gasteiger partial charge on any atom is -0.310 e. The van der Waals surface area contributed by atoms with Gasteiger partial charge < -0.3 is 3.07 Å². The summed E-state index contributed by atoms with van der Waals surface area (Å²) in [5.41, 5.74) is 3.50. The van der Waals surface area contributed by atoms with Crippen molar-refractivity contribution < 1.29 is 3.07 Å². The van der Waals surface area contributed by atoms with Crippen molar-refractivity contribution in [3.63, 3.8) is 0 Å². The largest absolute Gasteiger partial charge is 0.310 e. The molecule has 1 aliphatic carbocycles. The van der Waals surface area contributed by atoms with E-state index in [1.165, 1.54) is 0 Å². The minimum atomic E-state index is -0.0805. The Morgan fingerprint density at radius 3 is 2.66 bits per heavy atom. The van der Waals surface area contributed by atoms with E-state index in [1.807, 2.05) is 65.5 Å². The third-order valence-electron chi connectivity index (χ3n) is 5.98. The molecule has 1 aromatic carbocycles. The van der Waals surface area contributed by atoms with Gasteiger partial charge in [0.2, 0.25) is 0 Å². The van der Waals surface area contributed by atoms with Crippen LogP contribution in [0.3, 0.4) is 0 Å². The second kappa shape index (κ2) is 9.25. The Morgan fingerprint density at radius 1 is 1.09 bits per heavy atom. The van der Waals surface area contributed by atoms with Crippen molar-refractivity contribution in [2.75, 3.05) is 0 Å². The van der Waals surface area contributed by atoms with Crippen LogP contribution in [0.25, 0.3) is 33.4 Å². The molecule has 0 spiro atoms. The summed E-state index contributed by atoms with van der Waals surface area (Å²) in [6, 6.07) is 13.0. The highest BCUT2D eigenvalue weighted by Crippen LogP contribution is 2.33. The lowest BCUT2D eigenvalue weighted by molar-refractivity contribution is 0.140. The number of rotatable bonds is 4. The summed E-state index contributed by atoms with van der Waals surface area (Å²) in [5.74, 6) is 0. The molecule has 6 nitrogen and oxygen atoms in total. The maximum atomic E-state index is 13.7. The molecule has 0 saturated heterocycles. The van der Waals surface area contributed by atoms with Crippen LogP contribution in [0.2, 0.25) is 5.02 Å². The summed E-state index contributed by atoms with van der Waals surface area (Å²) in [6.45, 7) is 0. The third kappa shape index (κ3) is 4.04. The zero-order chi connectivity index (χ0) is 22.1. The van der Waals surface area contributed by atoms with Crippen molar-refractivity contribution in [3.05, 3.63) is 76.6 Å². The second-order valence-electron chi connectivity index (χ2n) is 7.94. The summed E-state index contributed by atoms with van der Waals surface area (Å²) in [5, 5.41) is 1.18. The lowest BCUT2D eigenvalue weighted by Crippen LogP contribution is -2.35. The zero-order valence-corrected chi connectivity index (χ0v) is 20.0. The first-order valence-corrected chi connectivity index (χ1v) is 11.8. The molecule has 2 atom stereocenters. The van der Waals surface area contributed by atoms with E-state index in [0.29, 0.717) is 27.3 Å². The van der Waals surface area contributed by atoms with E-state index in [1.54, 1.807) is 23.3 Å². The number of halogens is 2. The number of nitrogens with zero attached hydrogens (tertiary/aromatic N) is 4. The smallest absolute Gasteiger partial charge is 0.261 e. The number of benzene rings is 1. The number of fused-ring (bicyclic) bond motifs is 1. The number of pyridine rings is 2. The van der Waals surface area contributed by atoms with Gasteiger partial charge in [0.1, 0.15) is 28.5 Å². The zero-order valence-electron chi connectivity index (χ0n) is 17.1. The third-order valence-corrected chi connectivity index (χ3v) is 6.89. The quantitative estimate of drug-likeness (QED) is 0.286. The van der Waals surface area contributed by atoms with Crippen LogP contribution in [0.5, 0.6) is 0 Å². The molecule has 1 fully saturated rings. The van der Waals surface area contributed by atoms with E-state index < -0.39 is 0 Å². The van der Waals surface area contributed by atoms with Gasteiger partial charge in [-0.3, -0.25) is 14.3 Å². The van der Waals surface area contributed by atoms with E-state index in [4.69, 9.17) is 24.6 Å². The van der Waals surface area contributed by atoms with E-state index in [2.05, 4.69) is 4.98 Å². The van der Waals surface area contributed by atoms with Crippen molar-refractivity contribution in [3.8, 4) is 22.5 Å². The van der Waals surface area contributed by atoms with Crippen LogP contribution in [0, 0.1) is 0 Å². The lowest BCUT2D eigenvalue weighted by atomic mass is 9.92. The van der Waals surface area contributed by atoms with Gasteiger partial charge in [-0.05, 0) is 43.2 Å². The van der Waals surface area contributed by atoms with Gasteiger partial charge in [-0.15, -0.1) is 0 Å². The monoisotopic (exact) mass is 558 g/mol. The Labute approximate surface area is 204 Å². The van der Waals surface area contributed by atoms with Crippen molar-refractivity contribution in [2.45, 2.75) is 37.8 Å². The van der Waals surface area contributed by atoms with E-state index in [9.17, 15) is 4.79 Å². The SMILES string of the molecule is O=c1c2cc(-c3ccc(Cl)cc3)nc(-c3cccnc3)c2ncn1C1CCCCC1OI. The molecular weight excluding hydrogens is 539 g/mol. The maximum absolute atomic E-state index is 13.7. The maximum Gasteiger partial charge on any atom is 0.261 e. The molecule has 4 aromatic rings. The molecule has 1 saturated carbocycles. The van der Waals surface area contributed by atoms with Crippen LogP contribution in [0.4, 0.5) is 0 Å². The van der Waals surface area contributed by atoms with Crippen molar-refractivity contribution in [2.24, 2.45) is 0 Å². The Hall–Kier alpha value is -2.36. The molecule has 0 bridgehead atoms. The Kier molecular flexibility index (Phi) is 6.21. The summed E-state index contributed by atoms with van der Waals surface area (Å²) in [7, 11) is 0. The molecule has 3 aromatic heterocycles. The normalized spacial score (nSPS) is 18.7. The van der Waals surface area contributed by atoms with Crippen LogP contribution >= 0.6 is 34.6 Å². The van der Waals surface area contributed by atoms with Crippen LogP contribution < -0.4 is 5.56 Å². The predicted molar refractivity (Wildman–Crippen MR) is 134 cm³/mol. The topological polar surface area (TPSA) is 69.9 Å². The first-order chi connectivity index (χ1) is 15.7. The summed E-state index contributed by atoms with van der Waals surface area (Å²) >= 11 is 8.02. The van der Waals surface area contributed by atoms with Gasteiger partial charge in [0.05, 0.1) is 35.2 Å². The summed E-state index contributed by atoms with van der Waals surface area (Å²) < 4.78 is 7.41. The first kappa shape index (κ1) is 21.5. The number of hydrogen-bond acceptors (Lipinski definition) is 5. The molecule has 5 rings (SSSR count). The molecule has 0 radical (unpaired) electrons. The van der Waals surface area contributed by atoms with E-state index in [-0.39, 0.29) is 17.7 Å². The molecule has 1 aliphatic rings. The fourth-order valence-electron chi connectivity index (χ4n) is 4.35. The molecule has 2 unspecified atom stereocenters. The van der Waals surface area contributed by atoms with Gasteiger partial charge in [0, 0.05) is 28.5 Å². The molecule has 8 heteroatoms. The van der Waals surface area contributed by atoms with Crippen molar-refractivity contribution >= 4 is 45.5 Å². The minimum absolute atomic E-state index is 0.00309. The van der Waals surface area contributed by atoms with Crippen molar-refractivity contribution in [1.82, 2.24) is 19.5 Å². The number of aromatic nitrogens is 4. The number of hydrogen-bond donors (Lipinski definition) is 0. The standard InChI is InChI=1S/C24H20ClIN4O2/c25-17-9-7-15(8-10-17)19-12-18-23(22(29-19)16-4-3-11-27-13-16)28-14-30(24(18)31)20-5-1-2-6-21(20)32-26/h3-4,7-14,20-21H,1-2,5-6H2. The van der Waals surface area contributed by atoms with Crippen molar-refractivity contribution in [1.29, 1.82) is 0 Å². The highest BCUT2D eigenvalue weighted by molar-refractivity contribution is 14.1. The molecule has 32 heavy (non-hydrogen) atoms. The first-order valence-electron chi connectivity index (χ1n) is 10.5. The van der Waals surface area contributed by atoms with E-state index >= 15 is 0 Å². The van der Waals surface area contributed by atoms with Crippen LogP contribution in [0.1, 0.15) is 31.7 Å². The average molecular weight is 559 g/mol. The molecule has 162 valence electrons. The predicted octanol–water partition coefficient (Wildman–Crippen LogP) is 6.02. The van der Waals surface area contributed by atoms with Gasteiger partial charge in [-0.2, -0.15) is 0 Å². The van der Waals surface area contributed by atoms with E-state index in [0.717, 1.165) is 36.8 Å². The molecule has 0 N–H and O–H groups in total. The van der Waals surface area contributed by atoms with Crippen LogP contribution in [0.15, 0.2) is 66.0 Å². The average Bonchev–Trinajstić information content (AvgIpc) is 2.85. The Balaban J connectivity index is 1.75. The molecule has 3 heterocycles.